The third-order valence-corrected chi connectivity index (χ3v) is 5.03. The molecule has 2 aliphatic rings. The van der Waals surface area contributed by atoms with E-state index in [2.05, 4.69) is 10.6 Å². The average molecular weight is 374 g/mol. The summed E-state index contributed by atoms with van der Waals surface area (Å²) in [6.07, 6.45) is 0. The van der Waals surface area contributed by atoms with Crippen LogP contribution in [0.5, 0.6) is 5.75 Å². The summed E-state index contributed by atoms with van der Waals surface area (Å²) in [6.45, 7) is 3.03. The number of anilines is 1. The zero-order chi connectivity index (χ0) is 19.3. The lowest BCUT2D eigenvalue weighted by Gasteiger charge is -2.09. The summed E-state index contributed by atoms with van der Waals surface area (Å²) in [4.78, 5) is 23.0. The molecule has 2 aromatic carbocycles. The number of hydrogen-bond acceptors (Lipinski definition) is 4. The molecule has 2 amide bonds. The molecule has 2 N–H and O–H groups in total. The number of amides is 2. The smallest absolute Gasteiger partial charge is 0.251 e. The molecule has 2 aliphatic heterocycles. The van der Waals surface area contributed by atoms with Gasteiger partial charge in [-0.1, -0.05) is 12.1 Å². The summed E-state index contributed by atoms with van der Waals surface area (Å²) < 4.78 is 7.91. The van der Waals surface area contributed by atoms with Crippen molar-refractivity contribution in [2.75, 3.05) is 5.32 Å². The number of hydrogen-bond donors (Lipinski definition) is 2. The average Bonchev–Trinajstić information content (AvgIpc) is 3.20. The molecule has 0 fully saturated rings. The number of ether oxygens (including phenoxy) is 1. The molecular formula is C21H18N4O3. The lowest BCUT2D eigenvalue weighted by atomic mass is 10.0. The highest BCUT2D eigenvalue weighted by Gasteiger charge is 2.21. The first-order chi connectivity index (χ1) is 13.6. The first-order valence-electron chi connectivity index (χ1n) is 9.08. The molecule has 7 heteroatoms. The van der Waals surface area contributed by atoms with E-state index in [0.29, 0.717) is 25.4 Å². The van der Waals surface area contributed by atoms with Gasteiger partial charge in [-0.15, -0.1) is 0 Å². The summed E-state index contributed by atoms with van der Waals surface area (Å²) in [5.41, 5.74) is 6.27. The van der Waals surface area contributed by atoms with Gasteiger partial charge >= 0.3 is 0 Å². The highest BCUT2D eigenvalue weighted by atomic mass is 16.5. The zero-order valence-corrected chi connectivity index (χ0v) is 15.3. The van der Waals surface area contributed by atoms with Crippen LogP contribution in [0.25, 0.3) is 11.3 Å². The van der Waals surface area contributed by atoms with Crippen molar-refractivity contribution in [3.8, 4) is 17.0 Å². The molecule has 1 aromatic heterocycles. The van der Waals surface area contributed by atoms with Crippen LogP contribution in [-0.4, -0.2) is 21.6 Å². The molecule has 7 nitrogen and oxygen atoms in total. The van der Waals surface area contributed by atoms with Crippen LogP contribution >= 0.6 is 0 Å². The van der Waals surface area contributed by atoms with Crippen molar-refractivity contribution in [1.29, 1.82) is 0 Å². The van der Waals surface area contributed by atoms with E-state index in [0.717, 1.165) is 39.4 Å². The van der Waals surface area contributed by atoms with Crippen molar-refractivity contribution in [2.45, 2.75) is 26.6 Å². The van der Waals surface area contributed by atoms with Crippen LogP contribution in [0.3, 0.4) is 0 Å². The van der Waals surface area contributed by atoms with Crippen LogP contribution < -0.4 is 15.4 Å². The van der Waals surface area contributed by atoms with Gasteiger partial charge in [-0.05, 0) is 29.8 Å². The van der Waals surface area contributed by atoms with E-state index >= 15 is 0 Å². The molecule has 28 heavy (non-hydrogen) atoms. The van der Waals surface area contributed by atoms with Gasteiger partial charge in [0.1, 0.15) is 12.4 Å². The van der Waals surface area contributed by atoms with Crippen LogP contribution in [-0.2, 0) is 24.5 Å². The molecule has 5 rings (SSSR count). The third kappa shape index (κ3) is 2.81. The van der Waals surface area contributed by atoms with E-state index in [-0.39, 0.29) is 11.8 Å². The topological polar surface area (TPSA) is 85.2 Å². The van der Waals surface area contributed by atoms with E-state index in [4.69, 9.17) is 9.84 Å². The molecule has 3 aromatic rings. The summed E-state index contributed by atoms with van der Waals surface area (Å²) in [5, 5.41) is 10.4. The van der Waals surface area contributed by atoms with Crippen LogP contribution in [0, 0.1) is 0 Å². The first kappa shape index (κ1) is 16.6. The minimum Gasteiger partial charge on any atom is -0.487 e. The van der Waals surface area contributed by atoms with Crippen LogP contribution in [0.1, 0.15) is 34.1 Å². The van der Waals surface area contributed by atoms with Gasteiger partial charge in [0.15, 0.2) is 0 Å². The molecule has 0 bridgehead atoms. The van der Waals surface area contributed by atoms with Gasteiger partial charge in [0.2, 0.25) is 5.91 Å². The highest BCUT2D eigenvalue weighted by Crippen LogP contribution is 2.30. The minimum atomic E-state index is -0.114. The van der Waals surface area contributed by atoms with Gasteiger partial charge in [-0.2, -0.15) is 5.10 Å². The van der Waals surface area contributed by atoms with Crippen LogP contribution in [0.4, 0.5) is 5.69 Å². The number of aromatic nitrogens is 2. The van der Waals surface area contributed by atoms with Gasteiger partial charge < -0.3 is 15.4 Å². The minimum absolute atomic E-state index is 0.0224. The SMILES string of the molecule is CC(=O)Nc1ccc2c(c1)OCc1cc(-c3ccc4c(c3)CNC4=O)nn1C2. The summed E-state index contributed by atoms with van der Waals surface area (Å²) >= 11 is 0. The molecule has 0 saturated heterocycles. The Bertz CT molecular complexity index is 1130. The van der Waals surface area contributed by atoms with E-state index < -0.39 is 0 Å². The van der Waals surface area contributed by atoms with Crippen molar-refractivity contribution in [1.82, 2.24) is 15.1 Å². The number of nitrogens with zero attached hydrogens (tertiary/aromatic N) is 2. The Morgan fingerprint density at radius 3 is 2.93 bits per heavy atom. The number of fused-ring (bicyclic) bond motifs is 3. The van der Waals surface area contributed by atoms with Crippen molar-refractivity contribution in [2.24, 2.45) is 0 Å². The third-order valence-electron chi connectivity index (χ3n) is 5.03. The van der Waals surface area contributed by atoms with Crippen LogP contribution in [0.2, 0.25) is 0 Å². The molecular weight excluding hydrogens is 356 g/mol. The van der Waals surface area contributed by atoms with E-state index in [1.54, 1.807) is 0 Å². The lowest BCUT2D eigenvalue weighted by Crippen LogP contribution is -2.12. The fourth-order valence-corrected chi connectivity index (χ4v) is 3.65. The van der Waals surface area contributed by atoms with Crippen molar-refractivity contribution >= 4 is 17.5 Å². The Kier molecular flexibility index (Phi) is 3.68. The standard InChI is InChI=1S/C21H18N4O3/c1-12(26)23-16-4-2-14-10-25-17(11-28-20(14)7-16)8-19(24-25)13-3-5-18-15(6-13)9-22-21(18)27/h2-8H,9-11H2,1H3,(H,22,27)(H,23,26). The summed E-state index contributed by atoms with van der Waals surface area (Å²) in [6, 6.07) is 13.5. The summed E-state index contributed by atoms with van der Waals surface area (Å²) in [7, 11) is 0. The Hall–Kier alpha value is -3.61. The molecule has 0 spiro atoms. The van der Waals surface area contributed by atoms with Crippen molar-refractivity contribution in [3.05, 3.63) is 64.8 Å². The predicted molar refractivity (Wildman–Crippen MR) is 103 cm³/mol. The Morgan fingerprint density at radius 2 is 2.07 bits per heavy atom. The van der Waals surface area contributed by atoms with E-state index in [9.17, 15) is 9.59 Å². The van der Waals surface area contributed by atoms with E-state index in [1.807, 2.05) is 47.1 Å². The summed E-state index contributed by atoms with van der Waals surface area (Å²) in [5.74, 6) is 0.614. The molecule has 0 atom stereocenters. The van der Waals surface area contributed by atoms with Gasteiger partial charge in [-0.3, -0.25) is 14.3 Å². The predicted octanol–water partition coefficient (Wildman–Crippen LogP) is 2.69. The maximum absolute atomic E-state index is 11.7. The zero-order valence-electron chi connectivity index (χ0n) is 15.3. The lowest BCUT2D eigenvalue weighted by molar-refractivity contribution is -0.114. The van der Waals surface area contributed by atoms with Gasteiger partial charge in [0, 0.05) is 41.9 Å². The van der Waals surface area contributed by atoms with Gasteiger partial charge in [-0.25, -0.2) is 0 Å². The molecule has 0 radical (unpaired) electrons. The molecule has 140 valence electrons. The number of rotatable bonds is 2. The molecule has 0 aliphatic carbocycles. The second-order valence-corrected chi connectivity index (χ2v) is 7.03. The number of carbonyl (C=O) groups is 2. The second kappa shape index (κ2) is 6.23. The normalized spacial score (nSPS) is 14.2. The first-order valence-corrected chi connectivity index (χ1v) is 9.08. The van der Waals surface area contributed by atoms with Crippen molar-refractivity contribution < 1.29 is 14.3 Å². The van der Waals surface area contributed by atoms with E-state index in [1.165, 1.54) is 6.92 Å². The van der Waals surface area contributed by atoms with Crippen molar-refractivity contribution in [3.63, 3.8) is 0 Å². The Labute approximate surface area is 161 Å². The fourth-order valence-electron chi connectivity index (χ4n) is 3.65. The van der Waals surface area contributed by atoms with Gasteiger partial charge in [0.05, 0.1) is 17.9 Å². The number of nitrogens with one attached hydrogen (secondary N) is 2. The maximum atomic E-state index is 11.7. The molecule has 3 heterocycles. The quantitative estimate of drug-likeness (QED) is 0.722. The largest absolute Gasteiger partial charge is 0.487 e. The monoisotopic (exact) mass is 374 g/mol. The van der Waals surface area contributed by atoms with Crippen LogP contribution in [0.15, 0.2) is 42.5 Å². The second-order valence-electron chi connectivity index (χ2n) is 7.03. The highest BCUT2D eigenvalue weighted by molar-refractivity contribution is 5.98. The Morgan fingerprint density at radius 1 is 1.18 bits per heavy atom. The molecule has 0 saturated carbocycles. The van der Waals surface area contributed by atoms with Gasteiger partial charge in [0.25, 0.3) is 5.91 Å². The maximum Gasteiger partial charge on any atom is 0.251 e. The number of carbonyl (C=O) groups excluding carboxylic acids is 2. The number of benzene rings is 2. The Balaban J connectivity index is 1.45. The fraction of sp³-hybridized carbons (Fsp3) is 0.190. The molecule has 0 unspecified atom stereocenters.